The normalized spacial score (nSPS) is 31.0. The largest absolute Gasteiger partial charge is 0.302 e. The van der Waals surface area contributed by atoms with Crippen molar-refractivity contribution in [2.75, 3.05) is 6.54 Å². The minimum atomic E-state index is 0.0214. The summed E-state index contributed by atoms with van der Waals surface area (Å²) < 4.78 is 0. The Balaban J connectivity index is 2.02. The second kappa shape index (κ2) is 3.73. The topological polar surface area (TPSA) is 35.8 Å². The maximum atomic E-state index is 8.48. The zero-order chi connectivity index (χ0) is 8.27. The van der Waals surface area contributed by atoms with Gasteiger partial charge in [0.05, 0.1) is 12.1 Å². The minimum absolute atomic E-state index is 0.0214. The van der Waals surface area contributed by atoms with E-state index in [0.29, 0.717) is 0 Å². The molecule has 1 aliphatic carbocycles. The highest BCUT2D eigenvalue weighted by Crippen LogP contribution is 2.40. The average molecular weight is 152 g/mol. The van der Waals surface area contributed by atoms with Crippen molar-refractivity contribution in [1.29, 1.82) is 5.26 Å². The van der Waals surface area contributed by atoms with Crippen LogP contribution in [0, 0.1) is 23.2 Å². The van der Waals surface area contributed by atoms with E-state index in [-0.39, 0.29) is 6.04 Å². The van der Waals surface area contributed by atoms with E-state index < -0.39 is 0 Å². The summed E-state index contributed by atoms with van der Waals surface area (Å²) in [4.78, 5) is 0. The van der Waals surface area contributed by atoms with E-state index in [1.54, 1.807) is 0 Å². The molecule has 0 aliphatic heterocycles. The number of nitriles is 1. The highest BCUT2D eigenvalue weighted by Gasteiger charge is 2.34. The van der Waals surface area contributed by atoms with Crippen molar-refractivity contribution < 1.29 is 0 Å². The van der Waals surface area contributed by atoms with Crippen LogP contribution < -0.4 is 5.32 Å². The van der Waals surface area contributed by atoms with Gasteiger partial charge in [0.25, 0.3) is 0 Å². The summed E-state index contributed by atoms with van der Waals surface area (Å²) in [5.74, 6) is 1.80. The quantitative estimate of drug-likeness (QED) is 0.663. The summed E-state index contributed by atoms with van der Waals surface area (Å²) in [7, 11) is 0. The highest BCUT2D eigenvalue weighted by molar-refractivity contribution is 4.91. The van der Waals surface area contributed by atoms with Crippen LogP contribution in [0.4, 0.5) is 0 Å². The summed E-state index contributed by atoms with van der Waals surface area (Å²) in [6.45, 7) is 5.18. The third-order valence-electron chi connectivity index (χ3n) is 2.47. The lowest BCUT2D eigenvalue weighted by Gasteiger charge is -2.03. The predicted octanol–water partition coefficient (Wildman–Crippen LogP) is 1.53. The molecule has 11 heavy (non-hydrogen) atoms. The summed E-state index contributed by atoms with van der Waals surface area (Å²) >= 11 is 0. The fourth-order valence-electron chi connectivity index (χ4n) is 1.43. The molecule has 0 amide bonds. The second-order valence-corrected chi connectivity index (χ2v) is 3.42. The van der Waals surface area contributed by atoms with Crippen molar-refractivity contribution in [3.63, 3.8) is 0 Å². The molecule has 0 radical (unpaired) electrons. The Bertz CT molecular complexity index is 159. The molecular weight excluding hydrogens is 136 g/mol. The van der Waals surface area contributed by atoms with E-state index >= 15 is 0 Å². The molecule has 1 rings (SSSR count). The second-order valence-electron chi connectivity index (χ2n) is 3.42. The standard InChI is InChI=1S/C9H16N2/c1-3-8-4-9(8)6-11-7(2)5-10/h7-9,11H,3-4,6H2,1-2H3. The van der Waals surface area contributed by atoms with Crippen molar-refractivity contribution in [3.8, 4) is 6.07 Å². The number of rotatable bonds is 4. The molecule has 3 atom stereocenters. The zero-order valence-electron chi connectivity index (χ0n) is 7.30. The highest BCUT2D eigenvalue weighted by atomic mass is 14.9. The predicted molar refractivity (Wildman–Crippen MR) is 45.0 cm³/mol. The van der Waals surface area contributed by atoms with E-state index in [0.717, 1.165) is 18.4 Å². The van der Waals surface area contributed by atoms with Gasteiger partial charge in [-0.2, -0.15) is 5.26 Å². The lowest BCUT2D eigenvalue weighted by molar-refractivity contribution is 0.567. The van der Waals surface area contributed by atoms with Gasteiger partial charge in [-0.05, 0) is 31.7 Å². The Morgan fingerprint density at radius 1 is 1.64 bits per heavy atom. The fraction of sp³-hybridized carbons (Fsp3) is 0.889. The van der Waals surface area contributed by atoms with Gasteiger partial charge in [-0.15, -0.1) is 0 Å². The molecule has 62 valence electrons. The first-order chi connectivity index (χ1) is 5.27. The van der Waals surface area contributed by atoms with Gasteiger partial charge in [0.2, 0.25) is 0 Å². The Morgan fingerprint density at radius 2 is 2.36 bits per heavy atom. The minimum Gasteiger partial charge on any atom is -0.302 e. The van der Waals surface area contributed by atoms with Gasteiger partial charge in [-0.1, -0.05) is 13.3 Å². The van der Waals surface area contributed by atoms with E-state index in [1.807, 2.05) is 6.92 Å². The first-order valence-corrected chi connectivity index (χ1v) is 4.41. The van der Waals surface area contributed by atoms with Crippen LogP contribution in [-0.4, -0.2) is 12.6 Å². The zero-order valence-corrected chi connectivity index (χ0v) is 7.30. The van der Waals surface area contributed by atoms with Gasteiger partial charge in [-0.3, -0.25) is 0 Å². The molecule has 0 saturated heterocycles. The molecule has 2 nitrogen and oxygen atoms in total. The summed E-state index contributed by atoms with van der Waals surface area (Å²) in [6.07, 6.45) is 2.66. The van der Waals surface area contributed by atoms with Crippen LogP contribution in [0.5, 0.6) is 0 Å². The molecule has 0 aromatic rings. The number of nitrogens with zero attached hydrogens (tertiary/aromatic N) is 1. The molecule has 0 aromatic heterocycles. The van der Waals surface area contributed by atoms with Crippen molar-refractivity contribution in [2.24, 2.45) is 11.8 Å². The summed E-state index contributed by atoms with van der Waals surface area (Å²) in [6, 6.07) is 2.19. The monoisotopic (exact) mass is 152 g/mol. The van der Waals surface area contributed by atoms with Crippen molar-refractivity contribution in [1.82, 2.24) is 5.32 Å². The third-order valence-corrected chi connectivity index (χ3v) is 2.47. The Labute approximate surface area is 68.6 Å². The molecule has 0 spiro atoms. The molecule has 1 N–H and O–H groups in total. The Hall–Kier alpha value is -0.550. The van der Waals surface area contributed by atoms with Gasteiger partial charge in [0, 0.05) is 0 Å². The van der Waals surface area contributed by atoms with Gasteiger partial charge < -0.3 is 5.32 Å². The van der Waals surface area contributed by atoms with E-state index in [1.165, 1.54) is 12.8 Å². The molecule has 1 fully saturated rings. The van der Waals surface area contributed by atoms with E-state index in [2.05, 4.69) is 18.3 Å². The van der Waals surface area contributed by atoms with Crippen molar-refractivity contribution >= 4 is 0 Å². The molecule has 0 aromatic carbocycles. The maximum absolute atomic E-state index is 8.48. The summed E-state index contributed by atoms with van der Waals surface area (Å²) in [5, 5.41) is 11.7. The lowest BCUT2D eigenvalue weighted by atomic mass is 10.2. The van der Waals surface area contributed by atoms with Crippen molar-refractivity contribution in [3.05, 3.63) is 0 Å². The summed E-state index contributed by atoms with van der Waals surface area (Å²) in [5.41, 5.74) is 0. The SMILES string of the molecule is CCC1CC1CNC(C)C#N. The number of nitrogens with one attached hydrogen (secondary N) is 1. The third kappa shape index (κ3) is 2.51. The molecule has 1 saturated carbocycles. The fourth-order valence-corrected chi connectivity index (χ4v) is 1.43. The lowest BCUT2D eigenvalue weighted by Crippen LogP contribution is -2.26. The maximum Gasteiger partial charge on any atom is 0.0924 e. The Morgan fingerprint density at radius 3 is 2.82 bits per heavy atom. The van der Waals surface area contributed by atoms with Crippen LogP contribution in [0.15, 0.2) is 0 Å². The average Bonchev–Trinajstić information content (AvgIpc) is 2.78. The van der Waals surface area contributed by atoms with Gasteiger partial charge >= 0.3 is 0 Å². The molecule has 3 unspecified atom stereocenters. The van der Waals surface area contributed by atoms with Gasteiger partial charge in [0.15, 0.2) is 0 Å². The van der Waals surface area contributed by atoms with Crippen LogP contribution in [0.1, 0.15) is 26.7 Å². The molecule has 0 bridgehead atoms. The molecule has 2 heteroatoms. The van der Waals surface area contributed by atoms with Gasteiger partial charge in [0.1, 0.15) is 0 Å². The van der Waals surface area contributed by atoms with Crippen LogP contribution in [-0.2, 0) is 0 Å². The molecule has 0 heterocycles. The molecule has 1 aliphatic rings. The van der Waals surface area contributed by atoms with E-state index in [4.69, 9.17) is 5.26 Å². The first kappa shape index (κ1) is 8.55. The van der Waals surface area contributed by atoms with Crippen LogP contribution in [0.2, 0.25) is 0 Å². The van der Waals surface area contributed by atoms with Gasteiger partial charge in [-0.25, -0.2) is 0 Å². The smallest absolute Gasteiger partial charge is 0.0924 e. The first-order valence-electron chi connectivity index (χ1n) is 4.41. The van der Waals surface area contributed by atoms with Crippen LogP contribution >= 0.6 is 0 Å². The number of hydrogen-bond donors (Lipinski definition) is 1. The Kier molecular flexibility index (Phi) is 2.90. The van der Waals surface area contributed by atoms with Crippen LogP contribution in [0.3, 0.4) is 0 Å². The van der Waals surface area contributed by atoms with E-state index in [9.17, 15) is 0 Å². The molecular formula is C9H16N2. The number of hydrogen-bond acceptors (Lipinski definition) is 2. The van der Waals surface area contributed by atoms with Crippen LogP contribution in [0.25, 0.3) is 0 Å². The van der Waals surface area contributed by atoms with Crippen molar-refractivity contribution in [2.45, 2.75) is 32.7 Å².